The minimum absolute atomic E-state index is 0.204. The molecule has 0 radical (unpaired) electrons. The van der Waals surface area contributed by atoms with Crippen molar-refractivity contribution in [3.63, 3.8) is 0 Å². The van der Waals surface area contributed by atoms with Crippen molar-refractivity contribution in [3.8, 4) is 5.75 Å². The molecule has 0 aliphatic carbocycles. The SMILES string of the molecule is CCOc1ccccc1NC(=O)N1CCC2(CC1)NC(=O)c1cc(F)ccc1N2C. The molecule has 158 valence electrons. The number of para-hydroxylation sites is 2. The summed E-state index contributed by atoms with van der Waals surface area (Å²) in [5, 5.41) is 5.96. The summed E-state index contributed by atoms with van der Waals surface area (Å²) < 4.78 is 19.1. The molecule has 7 nitrogen and oxygen atoms in total. The number of likely N-dealkylation sites (tertiary alicyclic amines) is 1. The van der Waals surface area contributed by atoms with E-state index in [0.29, 0.717) is 55.2 Å². The lowest BCUT2D eigenvalue weighted by Gasteiger charge is -2.51. The fourth-order valence-corrected chi connectivity index (χ4v) is 4.16. The molecule has 0 bridgehead atoms. The molecular formula is C22H25FN4O3. The molecule has 0 unspecified atom stereocenters. The van der Waals surface area contributed by atoms with Crippen molar-refractivity contribution < 1.29 is 18.7 Å². The first-order valence-electron chi connectivity index (χ1n) is 10.1. The van der Waals surface area contributed by atoms with Crippen LogP contribution in [-0.2, 0) is 0 Å². The van der Waals surface area contributed by atoms with Crippen molar-refractivity contribution in [2.45, 2.75) is 25.4 Å². The molecular weight excluding hydrogens is 387 g/mol. The van der Waals surface area contributed by atoms with E-state index in [9.17, 15) is 14.0 Å². The molecule has 0 atom stereocenters. The number of piperidine rings is 1. The van der Waals surface area contributed by atoms with E-state index in [1.165, 1.54) is 12.1 Å². The lowest BCUT2D eigenvalue weighted by atomic mass is 9.90. The van der Waals surface area contributed by atoms with Crippen molar-refractivity contribution in [1.29, 1.82) is 0 Å². The molecule has 2 aromatic rings. The molecule has 2 aliphatic heterocycles. The molecule has 2 aliphatic rings. The van der Waals surface area contributed by atoms with E-state index in [2.05, 4.69) is 10.6 Å². The summed E-state index contributed by atoms with van der Waals surface area (Å²) in [5.41, 5.74) is 1.06. The molecule has 0 aromatic heterocycles. The quantitative estimate of drug-likeness (QED) is 0.810. The number of urea groups is 1. The number of hydrogen-bond donors (Lipinski definition) is 2. The molecule has 2 N–H and O–H groups in total. The van der Waals surface area contributed by atoms with Gasteiger partial charge >= 0.3 is 6.03 Å². The van der Waals surface area contributed by atoms with Crippen LogP contribution in [0.15, 0.2) is 42.5 Å². The Morgan fingerprint density at radius 1 is 1.23 bits per heavy atom. The zero-order valence-corrected chi connectivity index (χ0v) is 17.1. The van der Waals surface area contributed by atoms with E-state index in [-0.39, 0.29) is 11.9 Å². The monoisotopic (exact) mass is 412 g/mol. The highest BCUT2D eigenvalue weighted by Gasteiger charge is 2.45. The molecule has 30 heavy (non-hydrogen) atoms. The van der Waals surface area contributed by atoms with E-state index in [1.54, 1.807) is 17.0 Å². The van der Waals surface area contributed by atoms with Crippen molar-refractivity contribution >= 4 is 23.3 Å². The number of carbonyl (C=O) groups excluding carboxylic acids is 2. The Balaban J connectivity index is 1.45. The van der Waals surface area contributed by atoms with Crippen LogP contribution in [0.25, 0.3) is 0 Å². The molecule has 2 aromatic carbocycles. The molecule has 1 fully saturated rings. The number of carbonyl (C=O) groups is 2. The Hall–Kier alpha value is -3.29. The Bertz CT molecular complexity index is 973. The van der Waals surface area contributed by atoms with Gasteiger partial charge in [-0.2, -0.15) is 0 Å². The van der Waals surface area contributed by atoms with Gasteiger partial charge in [0.05, 0.1) is 23.5 Å². The first kappa shape index (κ1) is 20.0. The van der Waals surface area contributed by atoms with Crippen molar-refractivity contribution in [2.24, 2.45) is 0 Å². The van der Waals surface area contributed by atoms with Crippen LogP contribution < -0.4 is 20.3 Å². The van der Waals surface area contributed by atoms with Crippen LogP contribution in [0.3, 0.4) is 0 Å². The van der Waals surface area contributed by atoms with Crippen LogP contribution in [0.2, 0.25) is 0 Å². The highest BCUT2D eigenvalue weighted by Crippen LogP contribution is 2.36. The van der Waals surface area contributed by atoms with E-state index >= 15 is 0 Å². The van der Waals surface area contributed by atoms with Crippen LogP contribution >= 0.6 is 0 Å². The number of halogens is 1. The summed E-state index contributed by atoms with van der Waals surface area (Å²) in [6.07, 6.45) is 1.12. The van der Waals surface area contributed by atoms with Crippen molar-refractivity contribution in [3.05, 3.63) is 53.8 Å². The number of nitrogens with one attached hydrogen (secondary N) is 2. The summed E-state index contributed by atoms with van der Waals surface area (Å²) in [6.45, 7) is 3.36. The van der Waals surface area contributed by atoms with Crippen LogP contribution in [-0.4, -0.2) is 49.2 Å². The Morgan fingerprint density at radius 3 is 2.70 bits per heavy atom. The fourth-order valence-electron chi connectivity index (χ4n) is 4.16. The van der Waals surface area contributed by atoms with Crippen LogP contribution in [0, 0.1) is 5.82 Å². The number of rotatable bonds is 3. The van der Waals surface area contributed by atoms with Gasteiger partial charge in [-0.05, 0) is 37.3 Å². The van der Waals surface area contributed by atoms with Gasteiger partial charge in [-0.1, -0.05) is 12.1 Å². The van der Waals surface area contributed by atoms with Gasteiger partial charge in [-0.15, -0.1) is 0 Å². The van der Waals surface area contributed by atoms with Gasteiger partial charge < -0.3 is 25.2 Å². The summed E-state index contributed by atoms with van der Waals surface area (Å²) in [6, 6.07) is 11.4. The number of benzene rings is 2. The summed E-state index contributed by atoms with van der Waals surface area (Å²) >= 11 is 0. The van der Waals surface area contributed by atoms with E-state index < -0.39 is 11.5 Å². The van der Waals surface area contributed by atoms with Crippen LogP contribution in [0.1, 0.15) is 30.1 Å². The second-order valence-electron chi connectivity index (χ2n) is 7.55. The van der Waals surface area contributed by atoms with Gasteiger partial charge in [0.1, 0.15) is 17.2 Å². The predicted octanol–water partition coefficient (Wildman–Crippen LogP) is 3.43. The Kier molecular flexibility index (Phi) is 5.24. The number of anilines is 2. The van der Waals surface area contributed by atoms with E-state index in [4.69, 9.17) is 4.74 Å². The van der Waals surface area contributed by atoms with Gasteiger partial charge in [0.25, 0.3) is 5.91 Å². The summed E-state index contributed by atoms with van der Waals surface area (Å²) in [5.74, 6) is -0.0943. The first-order valence-corrected chi connectivity index (χ1v) is 10.1. The lowest BCUT2D eigenvalue weighted by molar-refractivity contribution is 0.0814. The minimum Gasteiger partial charge on any atom is -0.492 e. The van der Waals surface area contributed by atoms with Gasteiger partial charge in [0.2, 0.25) is 0 Å². The van der Waals surface area contributed by atoms with Gasteiger partial charge in [0, 0.05) is 33.0 Å². The third-order valence-electron chi connectivity index (χ3n) is 5.86. The summed E-state index contributed by atoms with van der Waals surface area (Å²) in [4.78, 5) is 29.1. The van der Waals surface area contributed by atoms with Gasteiger partial charge in [0.15, 0.2) is 0 Å². The van der Waals surface area contributed by atoms with Gasteiger partial charge in [-0.25, -0.2) is 9.18 Å². The average Bonchev–Trinajstić information content (AvgIpc) is 2.74. The maximum atomic E-state index is 13.6. The number of ether oxygens (including phenoxy) is 1. The number of fused-ring (bicyclic) bond motifs is 1. The summed E-state index contributed by atoms with van der Waals surface area (Å²) in [7, 11) is 1.89. The second-order valence-corrected chi connectivity index (χ2v) is 7.55. The van der Waals surface area contributed by atoms with Crippen molar-refractivity contribution in [1.82, 2.24) is 10.2 Å². The number of nitrogens with zero attached hydrogens (tertiary/aromatic N) is 2. The molecule has 4 rings (SSSR count). The Labute approximate surface area is 174 Å². The lowest BCUT2D eigenvalue weighted by Crippen LogP contribution is -2.67. The Morgan fingerprint density at radius 2 is 1.97 bits per heavy atom. The molecule has 3 amide bonds. The van der Waals surface area contributed by atoms with E-state index in [1.807, 2.05) is 37.1 Å². The minimum atomic E-state index is -0.595. The normalized spacial score (nSPS) is 17.4. The van der Waals surface area contributed by atoms with E-state index in [0.717, 1.165) is 0 Å². The van der Waals surface area contributed by atoms with Crippen LogP contribution in [0.5, 0.6) is 5.75 Å². The molecule has 2 heterocycles. The first-order chi connectivity index (χ1) is 14.4. The maximum absolute atomic E-state index is 13.6. The number of hydrogen-bond acceptors (Lipinski definition) is 4. The topological polar surface area (TPSA) is 73.9 Å². The third-order valence-corrected chi connectivity index (χ3v) is 5.86. The molecule has 8 heteroatoms. The zero-order chi connectivity index (χ0) is 21.3. The smallest absolute Gasteiger partial charge is 0.321 e. The number of amides is 3. The third kappa shape index (κ3) is 3.53. The average molecular weight is 412 g/mol. The highest BCUT2D eigenvalue weighted by molar-refractivity contribution is 6.02. The highest BCUT2D eigenvalue weighted by atomic mass is 19.1. The molecule has 0 saturated carbocycles. The second kappa shape index (κ2) is 7.85. The van der Waals surface area contributed by atoms with Gasteiger partial charge in [-0.3, -0.25) is 4.79 Å². The predicted molar refractivity (Wildman–Crippen MR) is 112 cm³/mol. The maximum Gasteiger partial charge on any atom is 0.321 e. The standard InChI is InChI=1S/C22H25FN4O3/c1-3-30-19-7-5-4-6-17(19)24-21(29)27-12-10-22(11-13-27)25-20(28)16-14-15(23)8-9-18(16)26(22)2/h4-9,14H,3,10-13H2,1-2H3,(H,24,29)(H,25,28). The molecule has 1 spiro atoms. The fraction of sp³-hybridized carbons (Fsp3) is 0.364. The van der Waals surface area contributed by atoms with Crippen molar-refractivity contribution in [2.75, 3.05) is 37.0 Å². The molecule has 1 saturated heterocycles. The largest absolute Gasteiger partial charge is 0.492 e. The zero-order valence-electron chi connectivity index (χ0n) is 17.1. The van der Waals surface area contributed by atoms with Crippen LogP contribution in [0.4, 0.5) is 20.6 Å².